The lowest BCUT2D eigenvalue weighted by atomic mass is 10.2. The molecule has 3 rings (SSSR count). The Balaban J connectivity index is 2.12. The maximum Gasteiger partial charge on any atom is 0.265 e. The fourth-order valence-electron chi connectivity index (χ4n) is 2.58. The molecule has 0 amide bonds. The number of benzene rings is 2. The van der Waals surface area contributed by atoms with Gasteiger partial charge in [0.05, 0.1) is 25.1 Å². The zero-order valence-electron chi connectivity index (χ0n) is 14.1. The van der Waals surface area contributed by atoms with Crippen LogP contribution in [-0.2, 0) is 0 Å². The first-order chi connectivity index (χ1) is 12.0. The molecule has 0 aliphatic heterocycles. The van der Waals surface area contributed by atoms with Crippen molar-refractivity contribution in [2.24, 2.45) is 0 Å². The van der Waals surface area contributed by atoms with Crippen LogP contribution in [0.1, 0.15) is 11.4 Å². The smallest absolute Gasteiger partial charge is 0.265 e. The van der Waals surface area contributed by atoms with Gasteiger partial charge in [0.2, 0.25) is 0 Å². The minimum Gasteiger partial charge on any atom is -0.497 e. The third-order valence-corrected chi connectivity index (χ3v) is 4.37. The maximum atomic E-state index is 12.8. The first kappa shape index (κ1) is 17.2. The van der Waals surface area contributed by atoms with Crippen LogP contribution in [0.4, 0.5) is 0 Å². The summed E-state index contributed by atoms with van der Waals surface area (Å²) in [6.45, 7) is 1.80. The van der Waals surface area contributed by atoms with Gasteiger partial charge >= 0.3 is 0 Å². The molecule has 0 unspecified atom stereocenters. The van der Waals surface area contributed by atoms with Gasteiger partial charge in [-0.1, -0.05) is 15.9 Å². The van der Waals surface area contributed by atoms with E-state index in [1.165, 1.54) is 4.57 Å². The van der Waals surface area contributed by atoms with Crippen molar-refractivity contribution in [1.82, 2.24) is 9.55 Å². The average Bonchev–Trinajstić information content (AvgIpc) is 2.62. The van der Waals surface area contributed by atoms with Gasteiger partial charge < -0.3 is 9.47 Å². The molecular weight excluding hydrogens is 384 g/mol. The van der Waals surface area contributed by atoms with Crippen molar-refractivity contribution in [2.75, 3.05) is 14.2 Å². The number of rotatable bonds is 4. The average molecular weight is 401 g/mol. The van der Waals surface area contributed by atoms with Gasteiger partial charge in [-0.3, -0.25) is 9.36 Å². The van der Waals surface area contributed by atoms with E-state index in [0.29, 0.717) is 28.2 Å². The zero-order valence-corrected chi connectivity index (χ0v) is 15.7. The van der Waals surface area contributed by atoms with E-state index in [2.05, 4.69) is 20.9 Å². The molecule has 5 nitrogen and oxygen atoms in total. The molecule has 1 heterocycles. The van der Waals surface area contributed by atoms with Gasteiger partial charge in [0.15, 0.2) is 0 Å². The van der Waals surface area contributed by atoms with Crippen LogP contribution in [0.5, 0.6) is 11.5 Å². The summed E-state index contributed by atoms with van der Waals surface area (Å²) in [4.78, 5) is 17.3. The largest absolute Gasteiger partial charge is 0.497 e. The highest BCUT2D eigenvalue weighted by molar-refractivity contribution is 9.10. The molecule has 2 aromatic carbocycles. The molecule has 128 valence electrons. The summed E-state index contributed by atoms with van der Waals surface area (Å²) < 4.78 is 13.0. The van der Waals surface area contributed by atoms with Gasteiger partial charge in [-0.2, -0.15) is 0 Å². The Bertz CT molecular complexity index is 1030. The van der Waals surface area contributed by atoms with Gasteiger partial charge in [0.1, 0.15) is 17.3 Å². The van der Waals surface area contributed by atoms with Crippen LogP contribution in [-0.4, -0.2) is 23.8 Å². The molecule has 1 aromatic heterocycles. The lowest BCUT2D eigenvalue weighted by Crippen LogP contribution is -2.19. The van der Waals surface area contributed by atoms with E-state index in [1.54, 1.807) is 39.5 Å². The molecule has 0 saturated carbocycles. The monoisotopic (exact) mass is 400 g/mol. The van der Waals surface area contributed by atoms with E-state index < -0.39 is 0 Å². The molecule has 6 heteroatoms. The van der Waals surface area contributed by atoms with Crippen LogP contribution in [0.2, 0.25) is 0 Å². The van der Waals surface area contributed by atoms with Crippen LogP contribution in [0, 0.1) is 6.92 Å². The van der Waals surface area contributed by atoms with E-state index in [4.69, 9.17) is 9.47 Å². The molecule has 0 atom stereocenters. The molecule has 3 aromatic rings. The molecule has 0 radical (unpaired) electrons. The Hall–Kier alpha value is -2.60. The van der Waals surface area contributed by atoms with Gasteiger partial charge in [-0.05, 0) is 49.4 Å². The summed E-state index contributed by atoms with van der Waals surface area (Å²) in [7, 11) is 3.21. The second kappa shape index (κ2) is 7.11. The van der Waals surface area contributed by atoms with Crippen molar-refractivity contribution in [2.45, 2.75) is 6.92 Å². The molecule has 0 N–H and O–H groups in total. The number of methoxy groups -OCH3 is 2. The van der Waals surface area contributed by atoms with Crippen molar-refractivity contribution in [3.05, 3.63) is 62.6 Å². The van der Waals surface area contributed by atoms with Crippen LogP contribution in [0.3, 0.4) is 0 Å². The van der Waals surface area contributed by atoms with Crippen LogP contribution >= 0.6 is 15.9 Å². The predicted molar refractivity (Wildman–Crippen MR) is 103 cm³/mol. The van der Waals surface area contributed by atoms with Crippen LogP contribution < -0.4 is 15.0 Å². The summed E-state index contributed by atoms with van der Waals surface area (Å²) in [6, 6.07) is 11.0. The molecule has 0 fully saturated rings. The van der Waals surface area contributed by atoms with Gasteiger partial charge in [-0.25, -0.2) is 4.98 Å². The van der Waals surface area contributed by atoms with Crippen molar-refractivity contribution in [1.29, 1.82) is 0 Å². The molecule has 0 spiro atoms. The Morgan fingerprint density at radius 1 is 1.12 bits per heavy atom. The number of fused-ring (bicyclic) bond motifs is 1. The highest BCUT2D eigenvalue weighted by Crippen LogP contribution is 2.25. The van der Waals surface area contributed by atoms with Crippen molar-refractivity contribution >= 4 is 39.1 Å². The molecule has 0 bridgehead atoms. The third kappa shape index (κ3) is 3.44. The number of hydrogen-bond acceptors (Lipinski definition) is 4. The normalized spacial score (nSPS) is 11.2. The lowest BCUT2D eigenvalue weighted by molar-refractivity contribution is 0.402. The van der Waals surface area contributed by atoms with Crippen LogP contribution in [0.15, 0.2) is 45.7 Å². The van der Waals surface area contributed by atoms with E-state index >= 15 is 0 Å². The van der Waals surface area contributed by atoms with Crippen molar-refractivity contribution in [3.63, 3.8) is 0 Å². The number of aromatic nitrogens is 2. The predicted octanol–water partition coefficient (Wildman–Crippen LogP) is 4.11. The van der Waals surface area contributed by atoms with E-state index in [0.717, 1.165) is 10.0 Å². The topological polar surface area (TPSA) is 53.4 Å². The van der Waals surface area contributed by atoms with Crippen LogP contribution in [0.25, 0.3) is 23.2 Å². The van der Waals surface area contributed by atoms with Gasteiger partial charge in [-0.15, -0.1) is 0 Å². The fraction of sp³-hybridized carbons (Fsp3) is 0.158. The quantitative estimate of drug-likeness (QED) is 0.660. The van der Waals surface area contributed by atoms with Crippen molar-refractivity contribution < 1.29 is 9.47 Å². The second-order valence-corrected chi connectivity index (χ2v) is 6.33. The Labute approximate surface area is 153 Å². The Kier molecular flexibility index (Phi) is 4.90. The fourth-order valence-corrected chi connectivity index (χ4v) is 2.94. The van der Waals surface area contributed by atoms with E-state index in [9.17, 15) is 4.79 Å². The molecular formula is C19H17BrN2O3. The number of halogens is 1. The minimum atomic E-state index is -0.123. The maximum absolute atomic E-state index is 12.8. The summed E-state index contributed by atoms with van der Waals surface area (Å²) >= 11 is 3.40. The van der Waals surface area contributed by atoms with Gasteiger partial charge in [0, 0.05) is 16.2 Å². The Morgan fingerprint density at radius 3 is 2.64 bits per heavy atom. The van der Waals surface area contributed by atoms with Gasteiger partial charge in [0.25, 0.3) is 5.56 Å². The van der Waals surface area contributed by atoms with E-state index in [1.807, 2.05) is 30.3 Å². The Morgan fingerprint density at radius 2 is 1.92 bits per heavy atom. The SMILES string of the molecule is COc1ccc(OC)c(/C=C/n2c(C)nc3ccc(Br)cc3c2=O)c1. The molecule has 0 aliphatic carbocycles. The number of nitrogens with zero attached hydrogens (tertiary/aromatic N) is 2. The summed E-state index contributed by atoms with van der Waals surface area (Å²) in [5.41, 5.74) is 1.36. The molecule has 0 aliphatic rings. The molecule has 25 heavy (non-hydrogen) atoms. The highest BCUT2D eigenvalue weighted by Gasteiger charge is 2.08. The summed E-state index contributed by atoms with van der Waals surface area (Å²) in [6.07, 6.45) is 3.50. The molecule has 0 saturated heterocycles. The third-order valence-electron chi connectivity index (χ3n) is 3.88. The van der Waals surface area contributed by atoms with E-state index in [-0.39, 0.29) is 5.56 Å². The number of ether oxygens (including phenoxy) is 2. The summed E-state index contributed by atoms with van der Waals surface area (Å²) in [5.74, 6) is 2.02. The number of aryl methyl sites for hydroxylation is 1. The zero-order chi connectivity index (χ0) is 18.0. The van der Waals surface area contributed by atoms with Crippen molar-refractivity contribution in [3.8, 4) is 11.5 Å². The standard InChI is InChI=1S/C19H17BrN2O3/c1-12-21-17-6-4-14(20)11-16(17)19(23)22(12)9-8-13-10-15(24-2)5-7-18(13)25-3/h4-11H,1-3H3/b9-8+. The second-order valence-electron chi connectivity index (χ2n) is 5.42. The summed E-state index contributed by atoms with van der Waals surface area (Å²) in [5, 5.41) is 0.558. The number of hydrogen-bond donors (Lipinski definition) is 0. The lowest BCUT2D eigenvalue weighted by Gasteiger charge is -2.09. The highest BCUT2D eigenvalue weighted by atomic mass is 79.9. The first-order valence-electron chi connectivity index (χ1n) is 7.62. The first-order valence-corrected chi connectivity index (χ1v) is 8.41. The minimum absolute atomic E-state index is 0.123.